The fourth-order valence-corrected chi connectivity index (χ4v) is 8.18. The quantitative estimate of drug-likeness (QED) is 0.0194. The summed E-state index contributed by atoms with van der Waals surface area (Å²) in [4.78, 5) is 184. The zero-order valence-corrected chi connectivity index (χ0v) is 42.7. The summed E-state index contributed by atoms with van der Waals surface area (Å²) in [5, 5.41) is 98.3. The van der Waals surface area contributed by atoms with Crippen molar-refractivity contribution >= 4 is 84.2 Å². The number of aliphatic hydroxyl groups excluding tert-OH is 3. The molecule has 3 rings (SSSR count). The predicted molar refractivity (Wildman–Crippen MR) is 262 cm³/mol. The van der Waals surface area contributed by atoms with E-state index in [1.807, 2.05) is 31.6 Å². The van der Waals surface area contributed by atoms with E-state index in [9.17, 15) is 117 Å². The van der Waals surface area contributed by atoms with Gasteiger partial charge in [0.05, 0.1) is 24.2 Å². The molecule has 35 nitrogen and oxygen atoms in total. The lowest BCUT2D eigenvalue weighted by atomic mass is 10.0. The van der Waals surface area contributed by atoms with Crippen molar-refractivity contribution in [1.29, 1.82) is 0 Å². The number of hydrogen-bond donors (Lipinski definition) is 17. The third-order valence-electron chi connectivity index (χ3n) is 11.5. The number of aromatic nitrogens is 3. The maximum atomic E-state index is 12.8. The molecule has 0 spiro atoms. The van der Waals surface area contributed by atoms with Crippen LogP contribution in [-0.2, 0) is 72.9 Å². The average molecular weight is 1160 g/mol. The van der Waals surface area contributed by atoms with Crippen LogP contribution in [0.3, 0.4) is 0 Å². The number of amides is 5. The van der Waals surface area contributed by atoms with Gasteiger partial charge in [0.15, 0.2) is 5.43 Å². The van der Waals surface area contributed by atoms with Gasteiger partial charge in [0, 0.05) is 38.2 Å². The number of carboxylic acid groups (broad SMARTS) is 6. The van der Waals surface area contributed by atoms with Gasteiger partial charge in [-0.25, -0.2) is 33.3 Å². The van der Waals surface area contributed by atoms with Crippen LogP contribution in [0.2, 0.25) is 0 Å². The van der Waals surface area contributed by atoms with Crippen LogP contribution in [0.4, 0.5) is 0 Å². The van der Waals surface area contributed by atoms with Crippen LogP contribution in [0.1, 0.15) is 71.1 Å². The molecule has 0 radical (unpaired) electrons. The molecule has 1 aromatic rings. The van der Waals surface area contributed by atoms with Gasteiger partial charge >= 0.3 is 49.3 Å². The first-order valence-electron chi connectivity index (χ1n) is 23.6. The van der Waals surface area contributed by atoms with Crippen molar-refractivity contribution in [3.63, 3.8) is 0 Å². The average Bonchev–Trinajstić information content (AvgIpc) is 3.36. The number of aliphatic hydroxyl groups is 3. The van der Waals surface area contributed by atoms with E-state index in [0.717, 1.165) is 17.6 Å². The van der Waals surface area contributed by atoms with E-state index in [0.29, 0.717) is 0 Å². The highest BCUT2D eigenvalue weighted by Gasteiger charge is 2.35. The minimum Gasteiger partial charge on any atom is -0.481 e. The first-order valence-corrected chi connectivity index (χ1v) is 25.1. The second-order valence-electron chi connectivity index (χ2n) is 17.6. The molecule has 0 fully saturated rings. The number of carbonyl (C=O) groups is 11. The summed E-state index contributed by atoms with van der Waals surface area (Å²) < 4.78 is 23.2. The number of benzene rings is 1. The van der Waals surface area contributed by atoms with Crippen molar-refractivity contribution in [1.82, 2.24) is 41.1 Å². The molecule has 5 amide bonds. The summed E-state index contributed by atoms with van der Waals surface area (Å²) in [6, 6.07) is -3.99. The number of fused-ring (bicyclic) bond motifs is 2. The molecule has 0 saturated heterocycles. The lowest BCUT2D eigenvalue weighted by Crippen LogP contribution is -2.47. The fourth-order valence-electron chi connectivity index (χ4n) is 7.29. The van der Waals surface area contributed by atoms with E-state index < -0.39 is 222 Å². The Kier molecular flexibility index (Phi) is 24.7. The van der Waals surface area contributed by atoms with Gasteiger partial charge in [-0.05, 0) is 62.8 Å². The van der Waals surface area contributed by atoms with Crippen LogP contribution in [0.15, 0.2) is 38.6 Å². The Morgan fingerprint density at radius 2 is 1.00 bits per heavy atom. The van der Waals surface area contributed by atoms with Crippen LogP contribution < -0.4 is 43.3 Å². The summed E-state index contributed by atoms with van der Waals surface area (Å²) >= 11 is 0. The molecule has 17 N–H and O–H groups in total. The lowest BCUT2D eigenvalue weighted by molar-refractivity contribution is -0.144. The SMILES string of the molecule is C[C@H](OP(=O)(O)OC[C@@H](O)[C@@H](O)[C@@H](O)Cn1c2cc(=O)ccc-2cc2c(=O)[nH]c(=O)[nH]c21)C(=O)N[C@@H](CCC(=O)N[C@@H](CCC(=O)N[C@@H](CCC(=O)N[C@@H](CCC(=O)N[C@@H](CCC(=O)O)C(=O)O)C(=O)O)C(=O)O)C(=O)O)C(=O)O. The third-order valence-corrected chi connectivity index (χ3v) is 12.5. The van der Waals surface area contributed by atoms with Gasteiger partial charge in [0.1, 0.15) is 60.3 Å². The highest BCUT2D eigenvalue weighted by atomic mass is 31.2. The summed E-state index contributed by atoms with van der Waals surface area (Å²) in [6.07, 6.45) is -15.1. The Hall–Kier alpha value is -8.47. The molecule has 36 heteroatoms. The summed E-state index contributed by atoms with van der Waals surface area (Å²) in [5.41, 5.74) is -2.16. The number of rotatable bonds is 35. The van der Waals surface area contributed by atoms with Crippen LogP contribution in [0, 0.1) is 0 Å². The van der Waals surface area contributed by atoms with Gasteiger partial charge < -0.3 is 82.0 Å². The number of aromatic amines is 2. The van der Waals surface area contributed by atoms with Gasteiger partial charge in [-0.15, -0.1) is 0 Å². The Labute approximate surface area is 447 Å². The number of nitrogens with zero attached hydrogens (tertiary/aromatic N) is 1. The van der Waals surface area contributed by atoms with Crippen LogP contribution >= 0.6 is 7.82 Å². The molecule has 0 saturated carbocycles. The molecule has 1 aliphatic carbocycles. The topological polar surface area (TPSA) is 573 Å². The lowest BCUT2D eigenvalue weighted by Gasteiger charge is -2.26. The van der Waals surface area contributed by atoms with Gasteiger partial charge in [0.2, 0.25) is 29.5 Å². The Balaban J connectivity index is 1.48. The highest BCUT2D eigenvalue weighted by Crippen LogP contribution is 2.44. The molecule has 2 aliphatic rings. The molecule has 1 aromatic heterocycles. The number of pyridine rings is 1. The number of carbonyl (C=O) groups excluding carboxylic acids is 5. The summed E-state index contributed by atoms with van der Waals surface area (Å²) in [5.74, 6) is -15.4. The highest BCUT2D eigenvalue weighted by molar-refractivity contribution is 7.47. The van der Waals surface area contributed by atoms with E-state index in [2.05, 4.69) is 9.51 Å². The standard InChI is InChI=1S/C44H57N8O27P/c1-18(79-80(76,77)78-17-29(55)35(62)28(54)16-52-27-15-20(53)3-2-19(27)14-21-36(52)50-44(75)51-38(21)64)37(63)49-26(43(73)74)7-12-33(59)47-24(41(69)70)5-10-31(57)45-22(39(65)66)4-9-30(56)46-23(40(67)68)6-11-32(58)48-25(42(71)72)8-13-34(60)61/h2-3,14-15,18,22-26,28-29,35,54-55,62H,4-13,16-17H2,1H3,(H,45,57)(H,46,56)(H,47,59)(H,48,58)(H,49,63)(H,60,61)(H,65,66)(H,67,68)(H,69,70)(H,71,72)(H,73,74)(H,76,77)(H2,50,51,64,75)/t18-,22-,23-,24-,25-,26-,28-,29+,35-/m0/s1. The fraction of sp³-hybridized carbons (Fsp3) is 0.500. The van der Waals surface area contributed by atoms with E-state index >= 15 is 0 Å². The van der Waals surface area contributed by atoms with Crippen LogP contribution in [0.25, 0.3) is 22.3 Å². The predicted octanol–water partition coefficient (Wildman–Crippen LogP) is -5.08. The smallest absolute Gasteiger partial charge is 0.473 e. The molecule has 10 atom stereocenters. The van der Waals surface area contributed by atoms with Crippen molar-refractivity contribution in [2.75, 3.05) is 6.61 Å². The first kappa shape index (κ1) is 65.8. The summed E-state index contributed by atoms with van der Waals surface area (Å²) in [7, 11) is -5.38. The molecule has 80 heavy (non-hydrogen) atoms. The Morgan fingerprint density at radius 1 is 0.588 bits per heavy atom. The Bertz CT molecular complexity index is 3010. The third kappa shape index (κ3) is 21.1. The molecule has 1 aliphatic heterocycles. The first-order chi connectivity index (χ1) is 37.3. The number of aliphatic carboxylic acids is 6. The van der Waals surface area contributed by atoms with E-state index in [1.54, 1.807) is 0 Å². The minimum absolute atomic E-state index is 0.0792. The van der Waals surface area contributed by atoms with Gasteiger partial charge in [-0.3, -0.25) is 57.4 Å². The molecule has 2 heterocycles. The van der Waals surface area contributed by atoms with Crippen molar-refractivity contribution < 1.29 is 117 Å². The maximum absolute atomic E-state index is 12.8. The van der Waals surface area contributed by atoms with Crippen molar-refractivity contribution in [2.24, 2.45) is 0 Å². The number of phosphoric ester groups is 1. The summed E-state index contributed by atoms with van der Waals surface area (Å²) in [6.45, 7) is -1.10. The molecule has 1 unspecified atom stereocenters. The molecule has 0 bridgehead atoms. The zero-order chi connectivity index (χ0) is 60.3. The van der Waals surface area contributed by atoms with Crippen LogP contribution in [0.5, 0.6) is 0 Å². The van der Waals surface area contributed by atoms with E-state index in [-0.39, 0.29) is 22.3 Å². The van der Waals surface area contributed by atoms with E-state index in [1.165, 1.54) is 18.2 Å². The van der Waals surface area contributed by atoms with Gasteiger partial charge in [-0.1, -0.05) is 0 Å². The molecular formula is C44H57N8O27P. The maximum Gasteiger partial charge on any atom is 0.473 e. The molecule has 0 aromatic carbocycles. The van der Waals surface area contributed by atoms with Gasteiger partial charge in [-0.2, -0.15) is 0 Å². The largest absolute Gasteiger partial charge is 0.481 e. The number of hydrogen-bond acceptors (Lipinski definition) is 20. The van der Waals surface area contributed by atoms with Gasteiger partial charge in [0.25, 0.3) is 5.56 Å². The number of nitrogens with one attached hydrogen (secondary N) is 7. The van der Waals surface area contributed by atoms with Crippen LogP contribution in [-0.4, -0.2) is 192 Å². The van der Waals surface area contributed by atoms with E-state index in [4.69, 9.17) is 9.63 Å². The minimum atomic E-state index is -5.38. The van der Waals surface area contributed by atoms with Crippen molar-refractivity contribution in [3.05, 3.63) is 55.3 Å². The normalized spacial score (nSPS) is 15.5. The van der Waals surface area contributed by atoms with Crippen molar-refractivity contribution in [2.45, 2.75) is 132 Å². The van der Waals surface area contributed by atoms with Crippen molar-refractivity contribution in [3.8, 4) is 11.3 Å². The second-order valence-corrected chi connectivity index (χ2v) is 19.0. The number of phosphoric acid groups is 1. The number of carboxylic acids is 6. The molecular weight excluding hydrogens is 1100 g/mol. The zero-order valence-electron chi connectivity index (χ0n) is 41.8. The number of H-pyrrole nitrogens is 2. The second kappa shape index (κ2) is 30.0. The monoisotopic (exact) mass is 1160 g/mol. The molecule has 440 valence electrons. The Morgan fingerprint density at radius 3 is 1.41 bits per heavy atom.